The topological polar surface area (TPSA) is 119 Å². The zero-order valence-electron chi connectivity index (χ0n) is 21.5. The fourth-order valence-corrected chi connectivity index (χ4v) is 8.54. The molecule has 0 fully saturated rings. The van der Waals surface area contributed by atoms with Gasteiger partial charge < -0.3 is 4.74 Å². The van der Waals surface area contributed by atoms with Crippen molar-refractivity contribution in [2.24, 2.45) is 4.99 Å². The summed E-state index contributed by atoms with van der Waals surface area (Å²) in [5.74, 6) is 2.37. The number of sulfonamides is 1. The SMILES string of the molecule is O=S(=O)(Nc1ccc2c(c1)N=C(Cc1ccc(Oc3ccccc3)cc1)[NH2+]2)c1ccc(S(=O)(=O)c2ccccc2)s1. The summed E-state index contributed by atoms with van der Waals surface area (Å²) >= 11 is 0.708. The zero-order chi connectivity index (χ0) is 28.5. The highest BCUT2D eigenvalue weighted by Gasteiger charge is 2.26. The number of anilines is 1. The first-order chi connectivity index (χ1) is 19.8. The van der Waals surface area contributed by atoms with E-state index in [-0.39, 0.29) is 13.3 Å². The van der Waals surface area contributed by atoms with Crippen LogP contribution in [0.15, 0.2) is 134 Å². The van der Waals surface area contributed by atoms with E-state index in [9.17, 15) is 16.8 Å². The Balaban J connectivity index is 1.13. The Morgan fingerprint density at radius 2 is 1.39 bits per heavy atom. The molecule has 8 nitrogen and oxygen atoms in total. The number of aliphatic imine (C=N–C) groups is 1. The van der Waals surface area contributed by atoms with Crippen molar-refractivity contribution in [2.45, 2.75) is 19.7 Å². The quantitative estimate of drug-likeness (QED) is 0.211. The Kier molecular flexibility index (Phi) is 7.18. The minimum absolute atomic E-state index is 0.0402. The normalized spacial score (nSPS) is 12.9. The highest BCUT2D eigenvalue weighted by molar-refractivity contribution is 7.96. The molecule has 1 aliphatic rings. The van der Waals surface area contributed by atoms with Crippen molar-refractivity contribution in [3.63, 3.8) is 0 Å². The number of ether oxygens (including phenoxy) is 1. The average molecular weight is 603 g/mol. The van der Waals surface area contributed by atoms with Crippen LogP contribution in [0.5, 0.6) is 11.5 Å². The number of hydrogen-bond donors (Lipinski definition) is 2. The maximum atomic E-state index is 13.1. The molecule has 0 amide bonds. The van der Waals surface area contributed by atoms with Crippen LogP contribution in [0.4, 0.5) is 17.1 Å². The van der Waals surface area contributed by atoms with Crippen molar-refractivity contribution in [2.75, 3.05) is 4.72 Å². The fraction of sp³-hybridized carbons (Fsp3) is 0.0333. The molecule has 1 aliphatic heterocycles. The number of para-hydroxylation sites is 1. The second-order valence-corrected chi connectivity index (χ2v) is 14.4. The number of nitrogens with two attached hydrogens (primary N) is 1. The van der Waals surface area contributed by atoms with E-state index in [4.69, 9.17) is 4.74 Å². The molecule has 0 spiro atoms. The lowest BCUT2D eigenvalue weighted by atomic mass is 10.1. The molecule has 11 heteroatoms. The second kappa shape index (κ2) is 10.9. The largest absolute Gasteiger partial charge is 0.457 e. The summed E-state index contributed by atoms with van der Waals surface area (Å²) in [6.45, 7) is 0. The third-order valence-electron chi connectivity index (χ3n) is 6.30. The van der Waals surface area contributed by atoms with E-state index in [1.807, 2.05) is 59.9 Å². The molecule has 0 unspecified atom stereocenters. The number of hydrogen-bond acceptors (Lipinski definition) is 7. The van der Waals surface area contributed by atoms with Gasteiger partial charge in [-0.3, -0.25) is 10.0 Å². The molecule has 2 heterocycles. The van der Waals surface area contributed by atoms with Crippen LogP contribution in [0.1, 0.15) is 5.56 Å². The molecular weight excluding hydrogens is 579 g/mol. The van der Waals surface area contributed by atoms with Crippen molar-refractivity contribution in [1.82, 2.24) is 0 Å². The van der Waals surface area contributed by atoms with E-state index in [1.165, 1.54) is 24.3 Å². The number of amidine groups is 1. The molecule has 41 heavy (non-hydrogen) atoms. The van der Waals surface area contributed by atoms with E-state index < -0.39 is 19.9 Å². The third-order valence-corrected chi connectivity index (χ3v) is 11.5. The van der Waals surface area contributed by atoms with Crippen molar-refractivity contribution in [3.8, 4) is 11.5 Å². The second-order valence-electron chi connectivity index (χ2n) is 9.25. The summed E-state index contributed by atoms with van der Waals surface area (Å²) < 4.78 is 60.2. The van der Waals surface area contributed by atoms with E-state index in [0.717, 1.165) is 28.6 Å². The third kappa shape index (κ3) is 5.93. The fourth-order valence-electron chi connectivity index (χ4n) is 4.31. The number of thiophene rings is 1. The molecule has 0 atom stereocenters. The molecule has 0 aliphatic carbocycles. The Morgan fingerprint density at radius 3 is 2.12 bits per heavy atom. The van der Waals surface area contributed by atoms with Gasteiger partial charge in [0.25, 0.3) is 10.0 Å². The maximum Gasteiger partial charge on any atom is 0.271 e. The van der Waals surface area contributed by atoms with Crippen LogP contribution >= 0.6 is 11.3 Å². The van der Waals surface area contributed by atoms with Crippen LogP contribution in [-0.4, -0.2) is 22.7 Å². The first kappa shape index (κ1) is 26.9. The molecule has 3 N–H and O–H groups in total. The Morgan fingerprint density at radius 1 is 0.732 bits per heavy atom. The number of quaternary nitrogens is 1. The predicted molar refractivity (Wildman–Crippen MR) is 159 cm³/mol. The standard InChI is InChI=1S/C30H23N3O5S3/c34-40(35,25-9-5-2-6-10-25)29-17-18-30(39-29)41(36,37)33-22-13-16-26-27(20-22)32-28(31-26)19-21-11-14-24(15-12-21)38-23-7-3-1-4-8-23/h1-18,20,33H,19H2,(H,31,32)/p+1. The predicted octanol–water partition coefficient (Wildman–Crippen LogP) is 5.66. The Bertz CT molecular complexity index is 1960. The molecule has 0 bridgehead atoms. The lowest BCUT2D eigenvalue weighted by molar-refractivity contribution is -0.440. The van der Waals surface area contributed by atoms with Gasteiger partial charge in [-0.15, -0.1) is 11.3 Å². The van der Waals surface area contributed by atoms with Gasteiger partial charge in [0.1, 0.15) is 25.6 Å². The van der Waals surface area contributed by atoms with Gasteiger partial charge in [-0.1, -0.05) is 48.5 Å². The highest BCUT2D eigenvalue weighted by Crippen LogP contribution is 2.33. The number of benzene rings is 4. The van der Waals surface area contributed by atoms with Crippen LogP contribution < -0.4 is 14.8 Å². The van der Waals surface area contributed by atoms with Crippen molar-refractivity contribution in [1.29, 1.82) is 0 Å². The average Bonchev–Trinajstić information content (AvgIpc) is 3.63. The summed E-state index contributed by atoms with van der Waals surface area (Å²) in [4.78, 5) is 4.80. The van der Waals surface area contributed by atoms with E-state index in [1.54, 1.807) is 36.4 Å². The van der Waals surface area contributed by atoms with Crippen molar-refractivity contribution in [3.05, 3.63) is 121 Å². The van der Waals surface area contributed by atoms with Gasteiger partial charge in [0.05, 0.1) is 17.0 Å². The van der Waals surface area contributed by atoms with Gasteiger partial charge in [0.2, 0.25) is 15.7 Å². The van der Waals surface area contributed by atoms with Gasteiger partial charge >= 0.3 is 0 Å². The minimum atomic E-state index is -4.01. The lowest BCUT2D eigenvalue weighted by Gasteiger charge is -2.07. The zero-order valence-corrected chi connectivity index (χ0v) is 23.9. The lowest BCUT2D eigenvalue weighted by Crippen LogP contribution is -2.81. The molecule has 1 aromatic heterocycles. The molecule has 0 radical (unpaired) electrons. The number of nitrogens with one attached hydrogen (secondary N) is 1. The molecule has 0 saturated carbocycles. The molecule has 0 saturated heterocycles. The first-order valence-electron chi connectivity index (χ1n) is 12.6. The van der Waals surface area contributed by atoms with Crippen LogP contribution in [-0.2, 0) is 26.3 Å². The van der Waals surface area contributed by atoms with Gasteiger partial charge in [-0.25, -0.2) is 16.8 Å². The molecule has 6 rings (SSSR count). The molecular formula is C30H24N3O5S3+. The number of rotatable bonds is 9. The molecule has 4 aromatic carbocycles. The van der Waals surface area contributed by atoms with Gasteiger partial charge in [0.15, 0.2) is 5.69 Å². The summed E-state index contributed by atoms with van der Waals surface area (Å²) in [5, 5.41) is 1.97. The highest BCUT2D eigenvalue weighted by atomic mass is 32.3. The van der Waals surface area contributed by atoms with Crippen LogP contribution in [0.3, 0.4) is 0 Å². The number of sulfone groups is 1. The van der Waals surface area contributed by atoms with Crippen molar-refractivity contribution < 1.29 is 26.9 Å². The summed E-state index contributed by atoms with van der Waals surface area (Å²) in [6, 6.07) is 33.1. The molecule has 5 aromatic rings. The van der Waals surface area contributed by atoms with Crippen molar-refractivity contribution >= 4 is 54.1 Å². The minimum Gasteiger partial charge on any atom is -0.457 e. The number of fused-ring (bicyclic) bond motifs is 1. The van der Waals surface area contributed by atoms with Gasteiger partial charge in [-0.2, -0.15) is 4.99 Å². The first-order valence-corrected chi connectivity index (χ1v) is 16.4. The van der Waals surface area contributed by atoms with E-state index in [0.29, 0.717) is 29.1 Å². The summed E-state index contributed by atoms with van der Waals surface area (Å²) in [7, 11) is -7.82. The number of nitrogens with zero attached hydrogens (tertiary/aromatic N) is 1. The van der Waals surface area contributed by atoms with Crippen LogP contribution in [0.2, 0.25) is 0 Å². The monoisotopic (exact) mass is 602 g/mol. The van der Waals surface area contributed by atoms with E-state index in [2.05, 4.69) is 9.71 Å². The smallest absolute Gasteiger partial charge is 0.271 e. The van der Waals surface area contributed by atoms with E-state index >= 15 is 0 Å². The van der Waals surface area contributed by atoms with Gasteiger partial charge in [0, 0.05) is 6.07 Å². The summed E-state index contributed by atoms with van der Waals surface area (Å²) in [5.41, 5.74) is 2.95. The Hall–Kier alpha value is -4.29. The van der Waals surface area contributed by atoms with Crippen LogP contribution in [0.25, 0.3) is 0 Å². The maximum absolute atomic E-state index is 13.1. The Labute approximate surface area is 242 Å². The molecule has 206 valence electrons. The summed E-state index contributed by atoms with van der Waals surface area (Å²) in [6.07, 6.45) is 0.606. The van der Waals surface area contributed by atoms with Crippen LogP contribution in [0, 0.1) is 0 Å². The van der Waals surface area contributed by atoms with Gasteiger partial charge in [-0.05, 0) is 66.2 Å².